The topological polar surface area (TPSA) is 79.4 Å². The maximum atomic E-state index is 13.1. The standard InChI is InChI=1S/C24H33N3O5S/c1-5-25(17-20-8-6-7-19(2)15-20)18-24(28)26-11-13-27(14-12-26)33(29,30)21-9-10-22(31-3)23(16-21)32-4/h6-10,15-16H,5,11-14,17-18H2,1-4H3. The Hall–Kier alpha value is -2.62. The molecule has 0 aromatic heterocycles. The highest BCUT2D eigenvalue weighted by atomic mass is 32.2. The number of benzene rings is 2. The Balaban J connectivity index is 1.59. The Morgan fingerprint density at radius 3 is 2.30 bits per heavy atom. The molecule has 2 aromatic rings. The number of rotatable bonds is 9. The van der Waals surface area contributed by atoms with Crippen molar-refractivity contribution < 1.29 is 22.7 Å². The molecule has 0 spiro atoms. The summed E-state index contributed by atoms with van der Waals surface area (Å²) in [5, 5.41) is 0. The lowest BCUT2D eigenvalue weighted by atomic mass is 10.1. The van der Waals surface area contributed by atoms with Gasteiger partial charge in [0, 0.05) is 38.8 Å². The highest BCUT2D eigenvalue weighted by Crippen LogP contribution is 2.30. The van der Waals surface area contributed by atoms with E-state index < -0.39 is 10.0 Å². The van der Waals surface area contributed by atoms with Gasteiger partial charge in [0.15, 0.2) is 11.5 Å². The van der Waals surface area contributed by atoms with Crippen LogP contribution in [0.4, 0.5) is 0 Å². The van der Waals surface area contributed by atoms with Crippen LogP contribution >= 0.6 is 0 Å². The van der Waals surface area contributed by atoms with Crippen molar-refractivity contribution in [3.8, 4) is 11.5 Å². The smallest absolute Gasteiger partial charge is 0.243 e. The maximum Gasteiger partial charge on any atom is 0.243 e. The van der Waals surface area contributed by atoms with Crippen molar-refractivity contribution in [2.75, 3.05) is 53.5 Å². The van der Waals surface area contributed by atoms with Gasteiger partial charge in [0.1, 0.15) is 0 Å². The van der Waals surface area contributed by atoms with Crippen LogP contribution in [-0.4, -0.2) is 81.9 Å². The molecule has 1 heterocycles. The van der Waals surface area contributed by atoms with Gasteiger partial charge < -0.3 is 14.4 Å². The van der Waals surface area contributed by atoms with Crippen molar-refractivity contribution >= 4 is 15.9 Å². The van der Waals surface area contributed by atoms with Gasteiger partial charge >= 0.3 is 0 Å². The van der Waals surface area contributed by atoms with E-state index in [0.717, 1.165) is 6.54 Å². The number of methoxy groups -OCH3 is 2. The lowest BCUT2D eigenvalue weighted by Gasteiger charge is -2.35. The minimum atomic E-state index is -3.69. The molecule has 0 radical (unpaired) electrons. The molecular weight excluding hydrogens is 442 g/mol. The Labute approximate surface area is 196 Å². The van der Waals surface area contributed by atoms with Crippen molar-refractivity contribution in [1.29, 1.82) is 0 Å². The van der Waals surface area contributed by atoms with Crippen molar-refractivity contribution in [2.45, 2.75) is 25.3 Å². The number of hydrogen-bond donors (Lipinski definition) is 0. The van der Waals surface area contributed by atoms with Crippen molar-refractivity contribution in [3.63, 3.8) is 0 Å². The number of nitrogens with zero attached hydrogens (tertiary/aromatic N) is 3. The number of likely N-dealkylation sites (N-methyl/N-ethyl adjacent to an activating group) is 1. The Bertz CT molecular complexity index is 1070. The summed E-state index contributed by atoms with van der Waals surface area (Å²) in [5.41, 5.74) is 2.37. The molecular formula is C24H33N3O5S. The molecule has 1 aliphatic heterocycles. The molecule has 0 atom stereocenters. The van der Waals surface area contributed by atoms with Gasteiger partial charge in [0.2, 0.25) is 15.9 Å². The van der Waals surface area contributed by atoms with Gasteiger partial charge in [-0.15, -0.1) is 0 Å². The molecule has 33 heavy (non-hydrogen) atoms. The predicted molar refractivity (Wildman–Crippen MR) is 127 cm³/mol. The van der Waals surface area contributed by atoms with E-state index in [-0.39, 0.29) is 23.9 Å². The predicted octanol–water partition coefficient (Wildman–Crippen LogP) is 2.37. The zero-order chi connectivity index (χ0) is 24.0. The van der Waals surface area contributed by atoms with E-state index in [9.17, 15) is 13.2 Å². The fourth-order valence-electron chi connectivity index (χ4n) is 3.94. The fourth-order valence-corrected chi connectivity index (χ4v) is 5.38. The number of ether oxygens (including phenoxy) is 2. The first-order chi connectivity index (χ1) is 15.8. The normalized spacial score (nSPS) is 15.0. The number of carbonyl (C=O) groups is 1. The van der Waals surface area contributed by atoms with Crippen LogP contribution in [0, 0.1) is 6.92 Å². The summed E-state index contributed by atoms with van der Waals surface area (Å²) in [6, 6.07) is 12.8. The van der Waals surface area contributed by atoms with Crippen LogP contribution in [0.3, 0.4) is 0 Å². The van der Waals surface area contributed by atoms with Gasteiger partial charge in [0.05, 0.1) is 25.7 Å². The Morgan fingerprint density at radius 2 is 1.70 bits per heavy atom. The zero-order valence-electron chi connectivity index (χ0n) is 19.8. The van der Waals surface area contributed by atoms with Gasteiger partial charge in [-0.3, -0.25) is 9.69 Å². The average Bonchev–Trinajstić information content (AvgIpc) is 2.83. The molecule has 1 aliphatic rings. The number of hydrogen-bond acceptors (Lipinski definition) is 6. The van der Waals surface area contributed by atoms with Crippen LogP contribution in [0.15, 0.2) is 47.4 Å². The molecule has 1 saturated heterocycles. The summed E-state index contributed by atoms with van der Waals surface area (Å²) in [4.78, 5) is 16.9. The van der Waals surface area contributed by atoms with Crippen LogP contribution in [0.5, 0.6) is 11.5 Å². The van der Waals surface area contributed by atoms with Crippen molar-refractivity contribution in [1.82, 2.24) is 14.1 Å². The maximum absolute atomic E-state index is 13.1. The summed E-state index contributed by atoms with van der Waals surface area (Å²) < 4.78 is 38.1. The summed E-state index contributed by atoms with van der Waals surface area (Å²) in [6.45, 7) is 7.12. The molecule has 1 fully saturated rings. The van der Waals surface area contributed by atoms with Gasteiger partial charge in [-0.25, -0.2) is 8.42 Å². The summed E-state index contributed by atoms with van der Waals surface area (Å²) in [5.74, 6) is 0.853. The summed E-state index contributed by atoms with van der Waals surface area (Å²) >= 11 is 0. The van der Waals surface area contributed by atoms with Crippen molar-refractivity contribution in [3.05, 3.63) is 53.6 Å². The molecule has 0 unspecified atom stereocenters. The second-order valence-corrected chi connectivity index (χ2v) is 10.0. The van der Waals surface area contributed by atoms with Gasteiger partial charge in [0.25, 0.3) is 0 Å². The quantitative estimate of drug-likeness (QED) is 0.554. The lowest BCUT2D eigenvalue weighted by Crippen LogP contribution is -2.52. The third-order valence-electron chi connectivity index (χ3n) is 5.88. The van der Waals surface area contributed by atoms with Crippen LogP contribution in [0.25, 0.3) is 0 Å². The van der Waals surface area contributed by atoms with E-state index in [0.29, 0.717) is 37.7 Å². The molecule has 0 N–H and O–H groups in total. The van der Waals surface area contributed by atoms with E-state index in [2.05, 4.69) is 30.0 Å². The van der Waals surface area contributed by atoms with E-state index in [4.69, 9.17) is 9.47 Å². The lowest BCUT2D eigenvalue weighted by molar-refractivity contribution is -0.133. The SMILES string of the molecule is CCN(CC(=O)N1CCN(S(=O)(=O)c2ccc(OC)c(OC)c2)CC1)Cc1cccc(C)c1. The molecule has 1 amide bonds. The third kappa shape index (κ3) is 6.04. The first kappa shape index (κ1) is 25.0. The molecule has 9 heteroatoms. The summed E-state index contributed by atoms with van der Waals surface area (Å²) in [7, 11) is -0.720. The first-order valence-electron chi connectivity index (χ1n) is 11.1. The highest BCUT2D eigenvalue weighted by Gasteiger charge is 2.31. The third-order valence-corrected chi connectivity index (χ3v) is 7.77. The molecule has 180 valence electrons. The largest absolute Gasteiger partial charge is 0.493 e. The monoisotopic (exact) mass is 475 g/mol. The van der Waals surface area contributed by atoms with Crippen LogP contribution < -0.4 is 9.47 Å². The average molecular weight is 476 g/mol. The first-order valence-corrected chi connectivity index (χ1v) is 12.5. The van der Waals surface area contributed by atoms with Crippen LogP contribution in [-0.2, 0) is 21.4 Å². The Kier molecular flexibility index (Phi) is 8.34. The zero-order valence-corrected chi connectivity index (χ0v) is 20.6. The van der Waals surface area contributed by atoms with E-state index in [1.165, 1.54) is 41.8 Å². The number of piperazine rings is 1. The molecule has 0 saturated carbocycles. The highest BCUT2D eigenvalue weighted by molar-refractivity contribution is 7.89. The summed E-state index contributed by atoms with van der Waals surface area (Å²) in [6.07, 6.45) is 0. The number of sulfonamides is 1. The number of carbonyl (C=O) groups excluding carboxylic acids is 1. The Morgan fingerprint density at radius 1 is 1.00 bits per heavy atom. The second kappa shape index (κ2) is 11.0. The number of aryl methyl sites for hydroxylation is 1. The van der Waals surface area contributed by atoms with E-state index >= 15 is 0 Å². The molecule has 8 nitrogen and oxygen atoms in total. The molecule has 0 aliphatic carbocycles. The van der Waals surface area contributed by atoms with Crippen LogP contribution in [0.1, 0.15) is 18.1 Å². The van der Waals surface area contributed by atoms with Gasteiger partial charge in [-0.05, 0) is 31.2 Å². The second-order valence-electron chi connectivity index (χ2n) is 8.09. The molecule has 2 aromatic carbocycles. The van der Waals surface area contributed by atoms with Crippen LogP contribution in [0.2, 0.25) is 0 Å². The minimum Gasteiger partial charge on any atom is -0.493 e. The van der Waals surface area contributed by atoms with Crippen molar-refractivity contribution in [2.24, 2.45) is 0 Å². The molecule has 0 bridgehead atoms. The number of amides is 1. The molecule has 3 rings (SSSR count). The van der Waals surface area contributed by atoms with E-state index in [1.807, 2.05) is 13.0 Å². The van der Waals surface area contributed by atoms with E-state index in [1.54, 1.807) is 11.0 Å². The fraction of sp³-hybridized carbons (Fsp3) is 0.458. The van der Waals surface area contributed by atoms with Gasteiger partial charge in [-0.2, -0.15) is 4.31 Å². The minimum absolute atomic E-state index is 0.0210. The van der Waals surface area contributed by atoms with Gasteiger partial charge in [-0.1, -0.05) is 36.8 Å².